The lowest BCUT2D eigenvalue weighted by molar-refractivity contribution is 1.22. The Morgan fingerprint density at radius 2 is 1.13 bits per heavy atom. The zero-order valence-electron chi connectivity index (χ0n) is 22.4. The second-order valence-corrected chi connectivity index (χ2v) is 9.69. The molecule has 1 aliphatic carbocycles. The normalized spacial score (nSPS) is 13.3. The van der Waals surface area contributed by atoms with Gasteiger partial charge < -0.3 is 4.90 Å². The zero-order valence-corrected chi connectivity index (χ0v) is 22.4. The highest BCUT2D eigenvalue weighted by Gasteiger charge is 2.11. The van der Waals surface area contributed by atoms with Crippen LogP contribution in [0.5, 0.6) is 0 Å². The monoisotopic (exact) mass is 503 g/mol. The first-order chi connectivity index (χ1) is 19.2. The van der Waals surface area contributed by atoms with Gasteiger partial charge in [-0.15, -0.1) is 0 Å². The van der Waals surface area contributed by atoms with Gasteiger partial charge in [-0.1, -0.05) is 115 Å². The molecule has 190 valence electrons. The minimum atomic E-state index is 1.01. The molecule has 4 aromatic carbocycles. The maximum Gasteiger partial charge on any atom is 0.0462 e. The summed E-state index contributed by atoms with van der Waals surface area (Å²) in [6.45, 7) is 6.16. The topological polar surface area (TPSA) is 3.24 Å². The number of benzene rings is 4. The van der Waals surface area contributed by atoms with Gasteiger partial charge in [0.2, 0.25) is 0 Å². The fraction of sp³-hybridized carbons (Fsp3) is 0.0526. The number of anilines is 3. The first kappa shape index (κ1) is 25.8. The van der Waals surface area contributed by atoms with Crippen LogP contribution in [-0.4, -0.2) is 0 Å². The van der Waals surface area contributed by atoms with Crippen LogP contribution in [0.3, 0.4) is 0 Å². The fourth-order valence-electron chi connectivity index (χ4n) is 4.59. The van der Waals surface area contributed by atoms with E-state index in [1.807, 2.05) is 18.2 Å². The summed E-state index contributed by atoms with van der Waals surface area (Å²) in [6, 6.07) is 36.2. The highest BCUT2D eigenvalue weighted by atomic mass is 15.1. The van der Waals surface area contributed by atoms with E-state index in [2.05, 4.69) is 158 Å². The quantitative estimate of drug-likeness (QED) is 0.216. The molecule has 0 unspecified atom stereocenters. The van der Waals surface area contributed by atoms with Crippen molar-refractivity contribution in [2.75, 3.05) is 4.90 Å². The van der Waals surface area contributed by atoms with Crippen LogP contribution < -0.4 is 4.90 Å². The molecule has 1 aliphatic rings. The highest BCUT2D eigenvalue weighted by molar-refractivity contribution is 5.78. The van der Waals surface area contributed by atoms with Crippen molar-refractivity contribution in [3.05, 3.63) is 173 Å². The Morgan fingerprint density at radius 3 is 1.74 bits per heavy atom. The summed E-state index contributed by atoms with van der Waals surface area (Å²) in [6.07, 6.45) is 20.4. The molecular weight excluding hydrogens is 470 g/mol. The van der Waals surface area contributed by atoms with Crippen LogP contribution in [0.2, 0.25) is 0 Å². The Labute approximate surface area is 232 Å². The molecule has 0 aromatic heterocycles. The van der Waals surface area contributed by atoms with E-state index in [9.17, 15) is 0 Å². The lowest BCUT2D eigenvalue weighted by Gasteiger charge is -2.25. The molecule has 0 fully saturated rings. The molecule has 1 heteroatoms. The summed E-state index contributed by atoms with van der Waals surface area (Å²) in [5.74, 6) is 0. The summed E-state index contributed by atoms with van der Waals surface area (Å²) in [5.41, 5.74) is 10.5. The number of allylic oxidation sites excluding steroid dienone is 7. The molecule has 4 aromatic rings. The number of rotatable bonds is 8. The van der Waals surface area contributed by atoms with Crippen molar-refractivity contribution in [3.8, 4) is 0 Å². The SMILES string of the molecule is C=Cc1cc(/C=C/C2=CC=C(C)CC=C2)cc(/C=C/c2ccc(N(c3ccccc3)c3ccccc3)cc2)c1. The van der Waals surface area contributed by atoms with Crippen molar-refractivity contribution in [2.24, 2.45) is 0 Å². The van der Waals surface area contributed by atoms with Gasteiger partial charge in [-0.25, -0.2) is 0 Å². The molecule has 39 heavy (non-hydrogen) atoms. The molecule has 0 N–H and O–H groups in total. The fourth-order valence-corrected chi connectivity index (χ4v) is 4.59. The average molecular weight is 504 g/mol. The van der Waals surface area contributed by atoms with Gasteiger partial charge in [-0.2, -0.15) is 0 Å². The van der Waals surface area contributed by atoms with Crippen LogP contribution >= 0.6 is 0 Å². The molecule has 0 aliphatic heterocycles. The van der Waals surface area contributed by atoms with Crippen molar-refractivity contribution < 1.29 is 0 Å². The van der Waals surface area contributed by atoms with Gasteiger partial charge in [0.15, 0.2) is 0 Å². The second kappa shape index (κ2) is 12.6. The van der Waals surface area contributed by atoms with Crippen molar-refractivity contribution >= 4 is 41.4 Å². The first-order valence-corrected chi connectivity index (χ1v) is 13.4. The molecule has 0 saturated heterocycles. The van der Waals surface area contributed by atoms with E-state index in [0.29, 0.717) is 0 Å². The third-order valence-electron chi connectivity index (χ3n) is 6.66. The molecule has 0 heterocycles. The van der Waals surface area contributed by atoms with E-state index in [-0.39, 0.29) is 0 Å². The lowest BCUT2D eigenvalue weighted by Crippen LogP contribution is -2.09. The summed E-state index contributed by atoms with van der Waals surface area (Å²) in [5, 5.41) is 0. The van der Waals surface area contributed by atoms with Crippen LogP contribution in [0.4, 0.5) is 17.1 Å². The third-order valence-corrected chi connectivity index (χ3v) is 6.66. The van der Waals surface area contributed by atoms with E-state index in [1.54, 1.807) is 0 Å². The summed E-state index contributed by atoms with van der Waals surface area (Å²) >= 11 is 0. The van der Waals surface area contributed by atoms with E-state index >= 15 is 0 Å². The smallest absolute Gasteiger partial charge is 0.0462 e. The van der Waals surface area contributed by atoms with Gasteiger partial charge in [-0.05, 0) is 95.8 Å². The van der Waals surface area contributed by atoms with E-state index in [0.717, 1.165) is 45.7 Å². The van der Waals surface area contributed by atoms with Gasteiger partial charge in [0.25, 0.3) is 0 Å². The minimum Gasteiger partial charge on any atom is -0.311 e. The van der Waals surface area contributed by atoms with Crippen LogP contribution in [0, 0.1) is 0 Å². The average Bonchev–Trinajstić information content (AvgIpc) is 3.20. The van der Waals surface area contributed by atoms with Crippen LogP contribution in [0.1, 0.15) is 35.6 Å². The Bertz CT molecular complexity index is 1520. The zero-order chi connectivity index (χ0) is 26.9. The van der Waals surface area contributed by atoms with Crippen LogP contribution in [-0.2, 0) is 0 Å². The molecular formula is C38H33N. The molecule has 0 saturated carbocycles. The number of para-hydroxylation sites is 2. The Balaban J connectivity index is 1.37. The van der Waals surface area contributed by atoms with Crippen LogP contribution in [0.25, 0.3) is 24.3 Å². The standard InChI is InChI=1S/C38H33N/c1-3-31-27-34(21-19-32-12-10-11-30(2)17-18-32)29-35(28-31)22-20-33-23-25-38(26-24-33)39(36-13-6-4-7-14-36)37-15-8-5-9-16-37/h3-10,12-29H,1,11H2,2H3/b21-19+,22-20+. The minimum absolute atomic E-state index is 1.01. The van der Waals surface area contributed by atoms with Gasteiger partial charge in [-0.3, -0.25) is 0 Å². The van der Waals surface area contributed by atoms with Crippen LogP contribution in [0.15, 0.2) is 151 Å². The molecule has 0 atom stereocenters. The van der Waals surface area contributed by atoms with Crippen molar-refractivity contribution in [2.45, 2.75) is 13.3 Å². The van der Waals surface area contributed by atoms with Crippen molar-refractivity contribution in [1.29, 1.82) is 0 Å². The Hall–Kier alpha value is -4.88. The van der Waals surface area contributed by atoms with Gasteiger partial charge >= 0.3 is 0 Å². The van der Waals surface area contributed by atoms with Gasteiger partial charge in [0, 0.05) is 17.1 Å². The largest absolute Gasteiger partial charge is 0.311 e. The second-order valence-electron chi connectivity index (χ2n) is 9.69. The summed E-state index contributed by atoms with van der Waals surface area (Å²) in [7, 11) is 0. The maximum atomic E-state index is 4.00. The molecule has 1 nitrogen and oxygen atoms in total. The summed E-state index contributed by atoms with van der Waals surface area (Å²) in [4.78, 5) is 2.27. The van der Waals surface area contributed by atoms with Gasteiger partial charge in [0.1, 0.15) is 0 Å². The van der Waals surface area contributed by atoms with Crippen molar-refractivity contribution in [3.63, 3.8) is 0 Å². The molecule has 0 spiro atoms. The van der Waals surface area contributed by atoms with E-state index < -0.39 is 0 Å². The maximum absolute atomic E-state index is 4.00. The number of nitrogens with zero attached hydrogens (tertiary/aromatic N) is 1. The van der Waals surface area contributed by atoms with Gasteiger partial charge in [0.05, 0.1) is 0 Å². The van der Waals surface area contributed by atoms with E-state index in [4.69, 9.17) is 0 Å². The molecule has 0 radical (unpaired) electrons. The third kappa shape index (κ3) is 6.91. The lowest BCUT2D eigenvalue weighted by atomic mass is 10.0. The predicted octanol–water partition coefficient (Wildman–Crippen LogP) is 10.8. The summed E-state index contributed by atoms with van der Waals surface area (Å²) < 4.78 is 0. The molecule has 0 amide bonds. The Morgan fingerprint density at radius 1 is 0.590 bits per heavy atom. The number of hydrogen-bond donors (Lipinski definition) is 0. The predicted molar refractivity (Wildman–Crippen MR) is 171 cm³/mol. The molecule has 0 bridgehead atoms. The highest BCUT2D eigenvalue weighted by Crippen LogP contribution is 2.34. The number of hydrogen-bond acceptors (Lipinski definition) is 1. The molecule has 5 rings (SSSR count). The van der Waals surface area contributed by atoms with E-state index in [1.165, 1.54) is 11.1 Å². The Kier molecular flexibility index (Phi) is 8.31. The first-order valence-electron chi connectivity index (χ1n) is 13.4. The van der Waals surface area contributed by atoms with Crippen molar-refractivity contribution in [1.82, 2.24) is 0 Å².